The van der Waals surface area contributed by atoms with E-state index in [4.69, 9.17) is 4.89 Å². The minimum Gasteiger partial charge on any atom is -0.628 e. The van der Waals surface area contributed by atoms with Crippen molar-refractivity contribution < 1.29 is 23.9 Å². The third kappa shape index (κ3) is 8.37. The van der Waals surface area contributed by atoms with Crippen LogP contribution in [0, 0.1) is 0 Å². The lowest BCUT2D eigenvalue weighted by atomic mass is 10.4. The molecule has 0 rings (SSSR count). The first kappa shape index (κ1) is 17.3. The Hall–Kier alpha value is -0.740. The third-order valence-electron chi connectivity index (χ3n) is 1.99. The molecule has 0 bridgehead atoms. The summed E-state index contributed by atoms with van der Waals surface area (Å²) in [6.45, 7) is 5.73. The van der Waals surface area contributed by atoms with E-state index in [2.05, 4.69) is 11.5 Å². The third-order valence-corrected chi connectivity index (χ3v) is 3.48. The predicted octanol–water partition coefficient (Wildman–Crippen LogP) is 1.04. The number of quaternary nitrogens is 1. The molecule has 1 unspecified atom stereocenters. The van der Waals surface area contributed by atoms with Crippen molar-refractivity contribution in [2.24, 2.45) is 0 Å². The number of carbonyl (C=O) groups is 1. The Labute approximate surface area is 110 Å². The zero-order valence-electron chi connectivity index (χ0n) is 11.6. The Morgan fingerprint density at radius 1 is 1.39 bits per heavy atom. The van der Waals surface area contributed by atoms with Crippen LogP contribution in [0.5, 0.6) is 0 Å². The van der Waals surface area contributed by atoms with Gasteiger partial charge in [0.25, 0.3) is 0 Å². The van der Waals surface area contributed by atoms with Crippen LogP contribution in [0.1, 0.15) is 19.8 Å². The van der Waals surface area contributed by atoms with Crippen LogP contribution in [-0.2, 0) is 14.6 Å². The van der Waals surface area contributed by atoms with Crippen LogP contribution in [0.3, 0.4) is 0 Å². The summed E-state index contributed by atoms with van der Waals surface area (Å²) >= 11 is 0. The molecular weight excluding hydrogens is 253 g/mol. The molecule has 18 heavy (non-hydrogen) atoms. The van der Waals surface area contributed by atoms with Gasteiger partial charge in [0.1, 0.15) is 6.16 Å². The summed E-state index contributed by atoms with van der Waals surface area (Å²) in [6, 6.07) is 0. The molecule has 0 aliphatic rings. The molecule has 0 saturated carbocycles. The van der Waals surface area contributed by atoms with Gasteiger partial charge in [-0.1, -0.05) is 24.8 Å². The molecule has 0 N–H and O–H groups in total. The highest BCUT2D eigenvalue weighted by Crippen LogP contribution is 2.18. The number of nitrogens with zero attached hydrogens (tertiary/aromatic N) is 1. The maximum atomic E-state index is 12.0. The Balaban J connectivity index is 4.70. The van der Waals surface area contributed by atoms with Gasteiger partial charge in [-0.3, -0.25) is 4.89 Å². The van der Waals surface area contributed by atoms with Crippen molar-refractivity contribution >= 4 is 19.2 Å². The highest BCUT2D eigenvalue weighted by Gasteiger charge is 2.22. The number of rotatable bonds is 8. The van der Waals surface area contributed by atoms with Gasteiger partial charge in [0, 0.05) is 6.08 Å². The first-order valence-corrected chi connectivity index (χ1v) is 7.36. The van der Waals surface area contributed by atoms with Crippen molar-refractivity contribution in [1.29, 1.82) is 0 Å². The lowest BCUT2D eigenvalue weighted by molar-refractivity contribution is -0.861. The second kappa shape index (κ2) is 8.38. The van der Waals surface area contributed by atoms with Gasteiger partial charge in [-0.05, 0) is 6.42 Å². The van der Waals surface area contributed by atoms with Gasteiger partial charge in [0.2, 0.25) is 0 Å². The van der Waals surface area contributed by atoms with Gasteiger partial charge in [0.15, 0.2) is 6.54 Å². The highest BCUT2D eigenvalue weighted by molar-refractivity contribution is 7.51. The minimum absolute atomic E-state index is 0.321. The highest BCUT2D eigenvalue weighted by atomic mass is 31.1. The van der Waals surface area contributed by atoms with E-state index in [1.807, 2.05) is 28.1 Å². The molecule has 6 heteroatoms. The fraction of sp³-hybridized carbons (Fsp3) is 0.667. The van der Waals surface area contributed by atoms with Gasteiger partial charge < -0.3 is 9.38 Å². The Kier molecular flexibility index (Phi) is 8.03. The molecule has 0 aliphatic carbocycles. The molecule has 0 aromatic heterocycles. The fourth-order valence-electron chi connectivity index (χ4n) is 1.10. The molecule has 5 nitrogen and oxygen atoms in total. The summed E-state index contributed by atoms with van der Waals surface area (Å²) in [7, 11) is 4.21. The topological polar surface area (TPSA) is 58.6 Å². The first-order chi connectivity index (χ1) is 8.30. The summed E-state index contributed by atoms with van der Waals surface area (Å²) < 4.78 is 0.550. The quantitative estimate of drug-likeness (QED) is 0.218. The number of hydrogen-bond donors (Lipinski definition) is 0. The second-order valence-electron chi connectivity index (χ2n) is 4.99. The van der Waals surface area contributed by atoms with Crippen molar-refractivity contribution in [2.45, 2.75) is 19.8 Å². The summed E-state index contributed by atoms with van der Waals surface area (Å²) in [5.41, 5.74) is 0.321. The number of carbonyl (C=O) groups excluding carboxylic acids is 1. The maximum absolute atomic E-state index is 12.0. The van der Waals surface area contributed by atoms with Crippen LogP contribution >= 0.6 is 7.77 Å². The molecule has 0 saturated heterocycles. The molecule has 0 aliphatic heterocycles. The van der Waals surface area contributed by atoms with Crippen LogP contribution in [-0.4, -0.2) is 49.8 Å². The number of likely N-dealkylation sites (N-methyl/N-ethyl adjacent to an activating group) is 1. The lowest BCUT2D eigenvalue weighted by Crippen LogP contribution is -2.40. The zero-order valence-corrected chi connectivity index (χ0v) is 12.5. The minimum atomic E-state index is -1.63. The Morgan fingerprint density at radius 2 is 2.00 bits per heavy atom. The normalized spacial score (nSPS) is 12.9. The van der Waals surface area contributed by atoms with Crippen LogP contribution in [0.2, 0.25) is 0 Å². The van der Waals surface area contributed by atoms with Gasteiger partial charge >= 0.3 is 11.4 Å². The molecular formula is C12H23NO4P+. The van der Waals surface area contributed by atoms with E-state index in [1.54, 1.807) is 0 Å². The molecule has 0 radical (unpaired) electrons. The maximum Gasteiger partial charge on any atom is 0.366 e. The van der Waals surface area contributed by atoms with E-state index < -0.39 is 13.7 Å². The van der Waals surface area contributed by atoms with E-state index in [0.29, 0.717) is 22.7 Å². The average molecular weight is 276 g/mol. The smallest absolute Gasteiger partial charge is 0.366 e. The fourth-order valence-corrected chi connectivity index (χ4v) is 2.66. The summed E-state index contributed by atoms with van der Waals surface area (Å²) in [5, 5.41) is 0. The van der Waals surface area contributed by atoms with Crippen molar-refractivity contribution in [3.8, 4) is 0 Å². The summed E-state index contributed by atoms with van der Waals surface area (Å²) in [4.78, 5) is 32.4. The van der Waals surface area contributed by atoms with Gasteiger partial charge in [-0.15, -0.1) is 0 Å². The molecule has 0 aromatic carbocycles. The standard InChI is InChI=1S/C12H23NO4P/c1-6-8-9-18(15)12(10-13(3,4)5)17-16-11(14)7-2/h7H,2,6,8-10H2,1,3-5H3/q+1. The van der Waals surface area contributed by atoms with Gasteiger partial charge in [0.05, 0.1) is 28.9 Å². The van der Waals surface area contributed by atoms with Gasteiger partial charge in [-0.25, -0.2) is 4.79 Å². The lowest BCUT2D eigenvalue weighted by Gasteiger charge is -2.23. The van der Waals surface area contributed by atoms with Crippen LogP contribution in [0.15, 0.2) is 12.7 Å². The SMILES string of the molecule is C=CC(=O)OO/C(C[N+](C)(C)C)=[P+](/[O-])CCCC. The molecule has 1 atom stereocenters. The van der Waals surface area contributed by atoms with Crippen molar-refractivity contribution in [2.75, 3.05) is 33.8 Å². The molecule has 0 spiro atoms. The van der Waals surface area contributed by atoms with Crippen LogP contribution < -0.4 is 4.89 Å². The average Bonchev–Trinajstić information content (AvgIpc) is 2.29. The molecule has 0 heterocycles. The largest absolute Gasteiger partial charge is 0.628 e. The van der Waals surface area contributed by atoms with E-state index in [0.717, 1.165) is 18.9 Å². The predicted molar refractivity (Wildman–Crippen MR) is 72.0 cm³/mol. The van der Waals surface area contributed by atoms with Crippen molar-refractivity contribution in [1.82, 2.24) is 0 Å². The monoisotopic (exact) mass is 276 g/mol. The Morgan fingerprint density at radius 3 is 2.44 bits per heavy atom. The number of hydrogen-bond acceptors (Lipinski definition) is 4. The first-order valence-electron chi connectivity index (χ1n) is 5.92. The summed E-state index contributed by atoms with van der Waals surface area (Å²) in [6.07, 6.45) is 3.37. The Bertz CT molecular complexity index is 321. The van der Waals surface area contributed by atoms with E-state index in [1.165, 1.54) is 0 Å². The van der Waals surface area contributed by atoms with Crippen molar-refractivity contribution in [3.63, 3.8) is 0 Å². The molecule has 0 fully saturated rings. The molecule has 104 valence electrons. The van der Waals surface area contributed by atoms with E-state index in [-0.39, 0.29) is 0 Å². The van der Waals surface area contributed by atoms with Crippen LogP contribution in [0.4, 0.5) is 0 Å². The summed E-state index contributed by atoms with van der Waals surface area (Å²) in [5.74, 6) is -0.687. The zero-order chi connectivity index (χ0) is 14.2. The van der Waals surface area contributed by atoms with Gasteiger partial charge in [-0.2, -0.15) is 0 Å². The second-order valence-corrected chi connectivity index (χ2v) is 6.69. The number of unbranched alkanes of at least 4 members (excludes halogenated alkanes) is 1. The van der Waals surface area contributed by atoms with Crippen molar-refractivity contribution in [3.05, 3.63) is 12.7 Å². The van der Waals surface area contributed by atoms with E-state index >= 15 is 0 Å². The molecule has 0 aromatic rings. The van der Waals surface area contributed by atoms with Crippen LogP contribution in [0.25, 0.3) is 0 Å². The molecule has 0 amide bonds. The van der Waals surface area contributed by atoms with E-state index in [9.17, 15) is 9.69 Å².